The molecular weight excluding hydrogens is 316 g/mol. The molecule has 1 rings (SSSR count). The Balaban J connectivity index is 3.02. The van der Waals surface area contributed by atoms with Crippen LogP contribution in [0, 0.1) is 12.8 Å². The van der Waals surface area contributed by atoms with E-state index in [-0.39, 0.29) is 5.91 Å². The summed E-state index contributed by atoms with van der Waals surface area (Å²) in [5.74, 6) is 0.633. The van der Waals surface area contributed by atoms with Crippen molar-refractivity contribution in [1.82, 2.24) is 4.90 Å². The van der Waals surface area contributed by atoms with Crippen LogP contribution in [-0.2, 0) is 0 Å². The molecule has 0 atom stereocenters. The number of anilines is 1. The van der Waals surface area contributed by atoms with E-state index in [1.807, 2.05) is 30.9 Å². The van der Waals surface area contributed by atoms with Gasteiger partial charge < -0.3 is 10.6 Å². The van der Waals surface area contributed by atoms with Gasteiger partial charge in [0.1, 0.15) is 0 Å². The lowest BCUT2D eigenvalue weighted by atomic mass is 10.0. The maximum atomic E-state index is 12.7. The van der Waals surface area contributed by atoms with Gasteiger partial charge in [0.05, 0.1) is 0 Å². The summed E-state index contributed by atoms with van der Waals surface area (Å²) in [5.41, 5.74) is 8.17. The zero-order valence-electron chi connectivity index (χ0n) is 12.9. The third kappa shape index (κ3) is 3.98. The second-order valence-corrected chi connectivity index (χ2v) is 6.11. The number of rotatable bonds is 6. The highest BCUT2D eigenvalue weighted by Crippen LogP contribution is 2.24. The SMILES string of the molecule is CCC(CC)CN(CC)C(=O)c1cc(Br)cc(N)c1C. The highest BCUT2D eigenvalue weighted by atomic mass is 79.9. The van der Waals surface area contributed by atoms with Crippen LogP contribution in [0.2, 0.25) is 0 Å². The minimum absolute atomic E-state index is 0.0740. The topological polar surface area (TPSA) is 46.3 Å². The van der Waals surface area contributed by atoms with Crippen LogP contribution >= 0.6 is 15.9 Å². The van der Waals surface area contributed by atoms with Gasteiger partial charge in [-0.05, 0) is 37.5 Å². The number of benzene rings is 1. The molecule has 0 heterocycles. The third-order valence-corrected chi connectivity index (χ3v) is 4.40. The van der Waals surface area contributed by atoms with E-state index >= 15 is 0 Å². The van der Waals surface area contributed by atoms with Gasteiger partial charge in [0.2, 0.25) is 0 Å². The number of hydrogen-bond donors (Lipinski definition) is 1. The van der Waals surface area contributed by atoms with Crippen LogP contribution < -0.4 is 5.73 Å². The zero-order valence-corrected chi connectivity index (χ0v) is 14.5. The molecule has 0 saturated carbocycles. The van der Waals surface area contributed by atoms with Crippen LogP contribution in [0.5, 0.6) is 0 Å². The molecule has 4 heteroatoms. The van der Waals surface area contributed by atoms with Gasteiger partial charge in [-0.15, -0.1) is 0 Å². The van der Waals surface area contributed by atoms with E-state index in [1.54, 1.807) is 0 Å². The van der Waals surface area contributed by atoms with Crippen molar-refractivity contribution in [3.8, 4) is 0 Å². The first-order chi connectivity index (χ1) is 9.44. The number of nitrogen functional groups attached to an aromatic ring is 1. The number of amides is 1. The molecule has 0 bridgehead atoms. The maximum Gasteiger partial charge on any atom is 0.254 e. The van der Waals surface area contributed by atoms with Crippen molar-refractivity contribution in [1.29, 1.82) is 0 Å². The van der Waals surface area contributed by atoms with Crippen molar-refractivity contribution in [2.24, 2.45) is 5.92 Å². The van der Waals surface area contributed by atoms with Crippen molar-refractivity contribution < 1.29 is 4.79 Å². The Morgan fingerprint density at radius 3 is 2.40 bits per heavy atom. The number of hydrogen-bond acceptors (Lipinski definition) is 2. The number of nitrogens with zero attached hydrogens (tertiary/aromatic N) is 1. The lowest BCUT2D eigenvalue weighted by Gasteiger charge is -2.26. The van der Waals surface area contributed by atoms with Gasteiger partial charge >= 0.3 is 0 Å². The summed E-state index contributed by atoms with van der Waals surface area (Å²) in [5, 5.41) is 0. The Morgan fingerprint density at radius 2 is 1.90 bits per heavy atom. The van der Waals surface area contributed by atoms with E-state index < -0.39 is 0 Å². The van der Waals surface area contributed by atoms with Crippen molar-refractivity contribution in [2.75, 3.05) is 18.8 Å². The Kier molecular flexibility index (Phi) is 6.53. The highest BCUT2D eigenvalue weighted by molar-refractivity contribution is 9.10. The summed E-state index contributed by atoms with van der Waals surface area (Å²) in [4.78, 5) is 14.6. The molecule has 0 fully saturated rings. The van der Waals surface area contributed by atoms with E-state index in [9.17, 15) is 4.79 Å². The Hall–Kier alpha value is -1.03. The fourth-order valence-corrected chi connectivity index (χ4v) is 2.78. The molecule has 2 N–H and O–H groups in total. The predicted molar refractivity (Wildman–Crippen MR) is 88.9 cm³/mol. The van der Waals surface area contributed by atoms with Crippen LogP contribution in [-0.4, -0.2) is 23.9 Å². The molecule has 0 aliphatic rings. The first kappa shape index (κ1) is 17.0. The van der Waals surface area contributed by atoms with E-state index in [2.05, 4.69) is 29.8 Å². The predicted octanol–water partition coefficient (Wildman–Crippen LogP) is 4.24. The molecule has 0 aromatic heterocycles. The summed E-state index contributed by atoms with van der Waals surface area (Å²) >= 11 is 3.41. The minimum Gasteiger partial charge on any atom is -0.398 e. The molecule has 0 saturated heterocycles. The average molecular weight is 341 g/mol. The van der Waals surface area contributed by atoms with Crippen LogP contribution in [0.25, 0.3) is 0 Å². The molecule has 0 aliphatic heterocycles. The van der Waals surface area contributed by atoms with Crippen molar-refractivity contribution >= 4 is 27.5 Å². The van der Waals surface area contributed by atoms with E-state index in [0.717, 1.165) is 36.0 Å². The third-order valence-electron chi connectivity index (χ3n) is 3.95. The number of nitrogens with two attached hydrogens (primary N) is 1. The lowest BCUT2D eigenvalue weighted by molar-refractivity contribution is 0.0734. The van der Waals surface area contributed by atoms with Crippen LogP contribution in [0.4, 0.5) is 5.69 Å². The Labute approximate surface area is 130 Å². The first-order valence-electron chi connectivity index (χ1n) is 7.29. The summed E-state index contributed by atoms with van der Waals surface area (Å²) < 4.78 is 0.850. The summed E-state index contributed by atoms with van der Waals surface area (Å²) in [7, 11) is 0. The maximum absolute atomic E-state index is 12.7. The van der Waals surface area contributed by atoms with Gasteiger partial charge in [-0.25, -0.2) is 0 Å². The molecule has 3 nitrogen and oxygen atoms in total. The van der Waals surface area contributed by atoms with Gasteiger partial charge in [0.15, 0.2) is 0 Å². The fourth-order valence-electron chi connectivity index (χ4n) is 2.31. The first-order valence-corrected chi connectivity index (χ1v) is 8.08. The summed E-state index contributed by atoms with van der Waals surface area (Å²) in [6, 6.07) is 3.70. The summed E-state index contributed by atoms with van der Waals surface area (Å²) in [6.07, 6.45) is 2.19. The Bertz CT molecular complexity index is 470. The minimum atomic E-state index is 0.0740. The van der Waals surface area contributed by atoms with Gasteiger partial charge in [0, 0.05) is 28.8 Å². The van der Waals surface area contributed by atoms with E-state index in [1.165, 1.54) is 0 Å². The van der Waals surface area contributed by atoms with Crippen LogP contribution in [0.3, 0.4) is 0 Å². The van der Waals surface area contributed by atoms with Crippen LogP contribution in [0.1, 0.15) is 49.5 Å². The van der Waals surface area contributed by atoms with Gasteiger partial charge in [-0.2, -0.15) is 0 Å². The monoisotopic (exact) mass is 340 g/mol. The van der Waals surface area contributed by atoms with E-state index in [4.69, 9.17) is 5.73 Å². The zero-order chi connectivity index (χ0) is 15.3. The van der Waals surface area contributed by atoms with Crippen molar-refractivity contribution in [3.05, 3.63) is 27.7 Å². The average Bonchev–Trinajstić information content (AvgIpc) is 2.43. The molecule has 1 aromatic rings. The quantitative estimate of drug-likeness (QED) is 0.787. The Morgan fingerprint density at radius 1 is 1.30 bits per heavy atom. The van der Waals surface area contributed by atoms with Gasteiger partial charge in [-0.3, -0.25) is 4.79 Å². The standard InChI is InChI=1S/C16H25BrN2O/c1-5-12(6-2)10-19(7-3)16(20)14-8-13(17)9-15(18)11(14)4/h8-9,12H,5-7,10,18H2,1-4H3. The smallest absolute Gasteiger partial charge is 0.254 e. The number of carbonyl (C=O) groups excluding carboxylic acids is 1. The normalized spacial score (nSPS) is 10.9. The molecule has 0 radical (unpaired) electrons. The molecule has 20 heavy (non-hydrogen) atoms. The largest absolute Gasteiger partial charge is 0.398 e. The van der Waals surface area contributed by atoms with Gasteiger partial charge in [0.25, 0.3) is 5.91 Å². The molecule has 1 aromatic carbocycles. The van der Waals surface area contributed by atoms with Gasteiger partial charge in [-0.1, -0.05) is 42.6 Å². The number of halogens is 1. The van der Waals surface area contributed by atoms with Crippen LogP contribution in [0.15, 0.2) is 16.6 Å². The molecular formula is C16H25BrN2O. The second kappa shape index (κ2) is 7.67. The molecule has 0 unspecified atom stereocenters. The van der Waals surface area contributed by atoms with Crippen molar-refractivity contribution in [3.63, 3.8) is 0 Å². The summed E-state index contributed by atoms with van der Waals surface area (Å²) in [6.45, 7) is 9.82. The fraction of sp³-hybridized carbons (Fsp3) is 0.562. The lowest BCUT2D eigenvalue weighted by Crippen LogP contribution is -2.35. The second-order valence-electron chi connectivity index (χ2n) is 5.19. The molecule has 0 aliphatic carbocycles. The van der Waals surface area contributed by atoms with Crippen molar-refractivity contribution in [2.45, 2.75) is 40.5 Å². The van der Waals surface area contributed by atoms with E-state index in [0.29, 0.717) is 17.2 Å². The molecule has 1 amide bonds. The highest BCUT2D eigenvalue weighted by Gasteiger charge is 2.20. The molecule has 0 spiro atoms. The molecule has 112 valence electrons. The number of carbonyl (C=O) groups is 1.